The molecule has 0 spiro atoms. The third kappa shape index (κ3) is 1.71. The number of aryl methyl sites for hydroxylation is 1. The van der Waals surface area contributed by atoms with Gasteiger partial charge in [0.05, 0.1) is 10.6 Å². The molecule has 2 heterocycles. The van der Waals surface area contributed by atoms with Crippen molar-refractivity contribution >= 4 is 34.8 Å². The molecule has 18 heavy (non-hydrogen) atoms. The quantitative estimate of drug-likeness (QED) is 0.800. The van der Waals surface area contributed by atoms with Crippen LogP contribution in [0.15, 0.2) is 30.5 Å². The summed E-state index contributed by atoms with van der Waals surface area (Å²) >= 11 is 6.04. The Balaban J connectivity index is 2.12. The number of aromatic nitrogens is 2. The van der Waals surface area contributed by atoms with Crippen molar-refractivity contribution in [2.45, 2.75) is 0 Å². The number of benzene rings is 1. The normalized spacial score (nSPS) is 15.9. The number of anilines is 1. The molecular formula is C13H10ClN3O. The van der Waals surface area contributed by atoms with Gasteiger partial charge in [-0.15, -0.1) is 0 Å². The number of carbonyl (C=O) groups is 1. The largest absolute Gasteiger partial charge is 0.321 e. The number of para-hydroxylation sites is 1. The lowest BCUT2D eigenvalue weighted by Crippen LogP contribution is -2.03. The van der Waals surface area contributed by atoms with Crippen LogP contribution in [0.25, 0.3) is 11.6 Å². The highest BCUT2D eigenvalue weighted by molar-refractivity contribution is 6.36. The lowest BCUT2D eigenvalue weighted by atomic mass is 10.1. The number of nitrogens with one attached hydrogen (secondary N) is 1. The Morgan fingerprint density at radius 3 is 2.89 bits per heavy atom. The molecule has 1 aromatic carbocycles. The van der Waals surface area contributed by atoms with E-state index >= 15 is 0 Å². The second-order valence-electron chi connectivity index (χ2n) is 4.09. The Bertz CT molecular complexity index is 673. The predicted octanol–water partition coefficient (Wildman–Crippen LogP) is 2.57. The molecule has 0 fully saturated rings. The van der Waals surface area contributed by atoms with Crippen LogP contribution in [0, 0.1) is 0 Å². The summed E-state index contributed by atoms with van der Waals surface area (Å²) in [6.45, 7) is 0. The zero-order valence-corrected chi connectivity index (χ0v) is 10.4. The van der Waals surface area contributed by atoms with Gasteiger partial charge in [-0.1, -0.05) is 29.8 Å². The molecule has 1 N–H and O–H groups in total. The topological polar surface area (TPSA) is 46.9 Å². The van der Waals surface area contributed by atoms with Gasteiger partial charge in [0, 0.05) is 24.5 Å². The number of nitrogens with zero attached hydrogens (tertiary/aromatic N) is 2. The van der Waals surface area contributed by atoms with E-state index in [0.717, 1.165) is 11.3 Å². The number of halogens is 1. The first-order valence-corrected chi connectivity index (χ1v) is 5.84. The molecule has 0 unspecified atom stereocenters. The van der Waals surface area contributed by atoms with E-state index in [2.05, 4.69) is 10.4 Å². The van der Waals surface area contributed by atoms with Crippen LogP contribution >= 0.6 is 11.6 Å². The number of rotatable bonds is 1. The third-order valence-electron chi connectivity index (χ3n) is 2.80. The van der Waals surface area contributed by atoms with Gasteiger partial charge in [-0.3, -0.25) is 9.48 Å². The summed E-state index contributed by atoms with van der Waals surface area (Å²) in [6, 6.07) is 7.55. The molecule has 0 aliphatic carbocycles. The smallest absolute Gasteiger partial charge is 0.256 e. The van der Waals surface area contributed by atoms with Crippen LogP contribution < -0.4 is 5.32 Å². The first kappa shape index (κ1) is 11.0. The van der Waals surface area contributed by atoms with Crippen molar-refractivity contribution in [3.63, 3.8) is 0 Å². The Labute approximate surface area is 109 Å². The minimum atomic E-state index is -0.127. The maximum Gasteiger partial charge on any atom is 0.256 e. The summed E-state index contributed by atoms with van der Waals surface area (Å²) < 4.78 is 1.62. The number of hydrogen-bond donors (Lipinski definition) is 1. The predicted molar refractivity (Wildman–Crippen MR) is 71.2 cm³/mol. The minimum absolute atomic E-state index is 0.127. The average molecular weight is 260 g/mol. The highest BCUT2D eigenvalue weighted by Gasteiger charge is 2.24. The van der Waals surface area contributed by atoms with Gasteiger partial charge in [-0.25, -0.2) is 0 Å². The van der Waals surface area contributed by atoms with E-state index in [1.807, 2.05) is 24.3 Å². The Morgan fingerprint density at radius 1 is 1.39 bits per heavy atom. The molecule has 2 aromatic rings. The van der Waals surface area contributed by atoms with Crippen LogP contribution in [0.2, 0.25) is 5.02 Å². The highest BCUT2D eigenvalue weighted by atomic mass is 35.5. The SMILES string of the molecule is Cn1cc(Cl)c(/C=C2/C(=O)Nc3ccccc32)n1. The first-order valence-electron chi connectivity index (χ1n) is 5.47. The Hall–Kier alpha value is -2.07. The van der Waals surface area contributed by atoms with Crippen molar-refractivity contribution < 1.29 is 4.79 Å². The van der Waals surface area contributed by atoms with E-state index in [1.165, 1.54) is 0 Å². The van der Waals surface area contributed by atoms with Gasteiger partial charge in [0.15, 0.2) is 0 Å². The van der Waals surface area contributed by atoms with E-state index in [4.69, 9.17) is 11.6 Å². The van der Waals surface area contributed by atoms with Crippen LogP contribution in [0.4, 0.5) is 5.69 Å². The van der Waals surface area contributed by atoms with E-state index in [0.29, 0.717) is 16.3 Å². The summed E-state index contributed by atoms with van der Waals surface area (Å²) in [4.78, 5) is 11.9. The Kier molecular flexibility index (Phi) is 2.45. The second kappa shape index (κ2) is 3.99. The molecule has 0 saturated carbocycles. The molecular weight excluding hydrogens is 250 g/mol. The van der Waals surface area contributed by atoms with Crippen molar-refractivity contribution in [3.05, 3.63) is 46.7 Å². The van der Waals surface area contributed by atoms with Crippen molar-refractivity contribution in [2.75, 3.05) is 5.32 Å². The fourth-order valence-electron chi connectivity index (χ4n) is 1.99. The van der Waals surface area contributed by atoms with E-state index in [1.54, 1.807) is 24.0 Å². The first-order chi connectivity index (χ1) is 8.65. The molecule has 0 atom stereocenters. The van der Waals surface area contributed by atoms with E-state index in [9.17, 15) is 4.79 Å². The fourth-order valence-corrected chi connectivity index (χ4v) is 2.23. The second-order valence-corrected chi connectivity index (χ2v) is 4.50. The zero-order chi connectivity index (χ0) is 12.7. The van der Waals surface area contributed by atoms with Crippen LogP contribution in [-0.4, -0.2) is 15.7 Å². The molecule has 5 heteroatoms. The number of hydrogen-bond acceptors (Lipinski definition) is 2. The van der Waals surface area contributed by atoms with Crippen LogP contribution in [-0.2, 0) is 11.8 Å². The molecule has 1 aromatic heterocycles. The molecule has 0 bridgehead atoms. The summed E-state index contributed by atoms with van der Waals surface area (Å²) in [5.41, 5.74) is 2.89. The molecule has 0 radical (unpaired) electrons. The molecule has 4 nitrogen and oxygen atoms in total. The summed E-state index contributed by atoms with van der Waals surface area (Å²) in [5, 5.41) is 7.55. The number of carbonyl (C=O) groups excluding carboxylic acids is 1. The molecule has 90 valence electrons. The summed E-state index contributed by atoms with van der Waals surface area (Å²) in [7, 11) is 1.79. The van der Waals surface area contributed by atoms with Gasteiger partial charge in [0.1, 0.15) is 5.69 Å². The molecule has 1 aliphatic rings. The van der Waals surface area contributed by atoms with Crippen LogP contribution in [0.1, 0.15) is 11.3 Å². The van der Waals surface area contributed by atoms with Gasteiger partial charge in [0.25, 0.3) is 5.91 Å². The summed E-state index contributed by atoms with van der Waals surface area (Å²) in [6.07, 6.45) is 3.41. The maximum absolute atomic E-state index is 11.9. The third-order valence-corrected chi connectivity index (χ3v) is 3.09. The van der Waals surface area contributed by atoms with Crippen LogP contribution in [0.3, 0.4) is 0 Å². The van der Waals surface area contributed by atoms with Gasteiger partial charge >= 0.3 is 0 Å². The molecule has 1 aliphatic heterocycles. The number of fused-ring (bicyclic) bond motifs is 1. The molecule has 1 amide bonds. The fraction of sp³-hybridized carbons (Fsp3) is 0.0769. The van der Waals surface area contributed by atoms with Gasteiger partial charge in [-0.05, 0) is 12.1 Å². The monoisotopic (exact) mass is 259 g/mol. The highest BCUT2D eigenvalue weighted by Crippen LogP contribution is 2.33. The standard InChI is InChI=1S/C13H10ClN3O/c1-17-7-10(14)12(16-17)6-9-8-4-2-3-5-11(8)15-13(9)18/h2-7H,1H3,(H,15,18)/b9-6+. The van der Waals surface area contributed by atoms with Gasteiger partial charge in [-0.2, -0.15) is 5.10 Å². The van der Waals surface area contributed by atoms with Crippen molar-refractivity contribution in [3.8, 4) is 0 Å². The van der Waals surface area contributed by atoms with E-state index < -0.39 is 0 Å². The minimum Gasteiger partial charge on any atom is -0.321 e. The molecule has 0 saturated heterocycles. The zero-order valence-electron chi connectivity index (χ0n) is 9.64. The maximum atomic E-state index is 11.9. The lowest BCUT2D eigenvalue weighted by Gasteiger charge is -1.96. The number of amides is 1. The Morgan fingerprint density at radius 2 is 2.17 bits per heavy atom. The van der Waals surface area contributed by atoms with Crippen LogP contribution in [0.5, 0.6) is 0 Å². The van der Waals surface area contributed by atoms with Crippen molar-refractivity contribution in [1.82, 2.24) is 9.78 Å². The lowest BCUT2D eigenvalue weighted by molar-refractivity contribution is -0.110. The van der Waals surface area contributed by atoms with Crippen molar-refractivity contribution in [2.24, 2.45) is 7.05 Å². The van der Waals surface area contributed by atoms with Crippen molar-refractivity contribution in [1.29, 1.82) is 0 Å². The average Bonchev–Trinajstić information content (AvgIpc) is 2.81. The molecule has 3 rings (SSSR count). The van der Waals surface area contributed by atoms with Gasteiger partial charge < -0.3 is 5.32 Å². The summed E-state index contributed by atoms with van der Waals surface area (Å²) in [5.74, 6) is -0.127. The van der Waals surface area contributed by atoms with E-state index in [-0.39, 0.29) is 5.91 Å². The van der Waals surface area contributed by atoms with Gasteiger partial charge in [0.2, 0.25) is 0 Å².